The van der Waals surface area contributed by atoms with Gasteiger partial charge in [0.1, 0.15) is 0 Å². The maximum absolute atomic E-state index is 6.02. The third-order valence-corrected chi connectivity index (χ3v) is 4.30. The van der Waals surface area contributed by atoms with Crippen molar-refractivity contribution in [2.75, 3.05) is 13.1 Å². The summed E-state index contributed by atoms with van der Waals surface area (Å²) in [7, 11) is 0. The van der Waals surface area contributed by atoms with E-state index in [-0.39, 0.29) is 12.4 Å². The van der Waals surface area contributed by atoms with E-state index >= 15 is 0 Å². The molecule has 2 atom stereocenters. The first-order valence-electron chi connectivity index (χ1n) is 4.89. The molecule has 15 heavy (non-hydrogen) atoms. The average molecular weight is 265 g/mol. The van der Waals surface area contributed by atoms with E-state index in [2.05, 4.69) is 11.4 Å². The van der Waals surface area contributed by atoms with Crippen LogP contribution in [0.1, 0.15) is 12.0 Å². The molecular formula is C11H12Cl3N. The highest BCUT2D eigenvalue weighted by Gasteiger charge is 2.57. The van der Waals surface area contributed by atoms with E-state index in [9.17, 15) is 0 Å². The van der Waals surface area contributed by atoms with Crippen LogP contribution >= 0.6 is 35.6 Å². The van der Waals surface area contributed by atoms with Gasteiger partial charge in [0.15, 0.2) is 0 Å². The van der Waals surface area contributed by atoms with Crippen LogP contribution in [0.15, 0.2) is 18.2 Å². The van der Waals surface area contributed by atoms with E-state index < -0.39 is 0 Å². The van der Waals surface area contributed by atoms with Gasteiger partial charge in [0.2, 0.25) is 0 Å². The summed E-state index contributed by atoms with van der Waals surface area (Å²) in [6.45, 7) is 2.25. The second-order valence-electron chi connectivity index (χ2n) is 4.32. The fraction of sp³-hybridized carbons (Fsp3) is 0.455. The van der Waals surface area contributed by atoms with Crippen molar-refractivity contribution in [3.05, 3.63) is 33.8 Å². The van der Waals surface area contributed by atoms with Gasteiger partial charge in [-0.2, -0.15) is 0 Å². The van der Waals surface area contributed by atoms with Crippen molar-refractivity contribution < 1.29 is 0 Å². The summed E-state index contributed by atoms with van der Waals surface area (Å²) in [5.41, 5.74) is 1.73. The second-order valence-corrected chi connectivity index (χ2v) is 5.13. The van der Waals surface area contributed by atoms with Crippen LogP contribution in [0.4, 0.5) is 0 Å². The zero-order chi connectivity index (χ0) is 9.76. The van der Waals surface area contributed by atoms with Crippen LogP contribution in [0.5, 0.6) is 0 Å². The van der Waals surface area contributed by atoms with Crippen LogP contribution in [0.3, 0.4) is 0 Å². The third kappa shape index (κ3) is 1.66. The summed E-state index contributed by atoms with van der Waals surface area (Å²) in [5, 5.41) is 4.74. The summed E-state index contributed by atoms with van der Waals surface area (Å²) in [5.74, 6) is 0.819. The zero-order valence-electron chi connectivity index (χ0n) is 8.09. The summed E-state index contributed by atoms with van der Waals surface area (Å²) in [4.78, 5) is 0. The molecule has 1 aliphatic carbocycles. The molecule has 1 aliphatic heterocycles. The Kier molecular flexibility index (Phi) is 2.93. The molecule has 1 aromatic carbocycles. The van der Waals surface area contributed by atoms with Gasteiger partial charge in [-0.05, 0) is 36.6 Å². The number of benzene rings is 1. The van der Waals surface area contributed by atoms with Crippen molar-refractivity contribution in [2.45, 2.75) is 11.8 Å². The lowest BCUT2D eigenvalue weighted by molar-refractivity contribution is 0.676. The number of hydrogen-bond donors (Lipinski definition) is 1. The molecule has 2 aliphatic rings. The molecule has 1 aromatic rings. The number of nitrogens with one attached hydrogen (secondary N) is 1. The fourth-order valence-electron chi connectivity index (χ4n) is 2.60. The Morgan fingerprint density at radius 1 is 1.27 bits per heavy atom. The normalized spacial score (nSPS) is 32.0. The summed E-state index contributed by atoms with van der Waals surface area (Å²) >= 11 is 11.9. The molecule has 82 valence electrons. The Labute approximate surface area is 106 Å². The lowest BCUT2D eigenvalue weighted by Crippen LogP contribution is -2.19. The number of hydrogen-bond acceptors (Lipinski definition) is 1. The van der Waals surface area contributed by atoms with E-state index in [0.29, 0.717) is 15.5 Å². The van der Waals surface area contributed by atoms with Crippen LogP contribution in [0.2, 0.25) is 10.0 Å². The van der Waals surface area contributed by atoms with E-state index in [1.54, 1.807) is 0 Å². The minimum atomic E-state index is 0. The minimum Gasteiger partial charge on any atom is -0.316 e. The van der Waals surface area contributed by atoms with Gasteiger partial charge in [0, 0.05) is 12.0 Å². The molecule has 0 bridgehead atoms. The predicted molar refractivity (Wildman–Crippen MR) is 66.4 cm³/mol. The van der Waals surface area contributed by atoms with Crippen molar-refractivity contribution in [3.8, 4) is 0 Å². The van der Waals surface area contributed by atoms with Gasteiger partial charge in [-0.25, -0.2) is 0 Å². The van der Waals surface area contributed by atoms with Crippen LogP contribution < -0.4 is 5.32 Å². The van der Waals surface area contributed by atoms with Crippen LogP contribution in [0, 0.1) is 5.92 Å². The summed E-state index contributed by atoms with van der Waals surface area (Å²) < 4.78 is 0. The molecule has 1 saturated heterocycles. The standard InChI is InChI=1S/C11H11Cl2N.ClH/c12-9-2-1-7(3-10(9)13)11-4-8(11)5-14-6-11;/h1-3,8,14H,4-6H2;1H/t8-,11+;/m0./s1. The monoisotopic (exact) mass is 263 g/mol. The van der Waals surface area contributed by atoms with Gasteiger partial charge in [0.25, 0.3) is 0 Å². The molecular weight excluding hydrogens is 252 g/mol. The van der Waals surface area contributed by atoms with Gasteiger partial charge in [-0.1, -0.05) is 29.3 Å². The molecule has 0 aromatic heterocycles. The van der Waals surface area contributed by atoms with Crippen LogP contribution in [-0.4, -0.2) is 13.1 Å². The molecule has 0 spiro atoms. The Morgan fingerprint density at radius 2 is 2.07 bits per heavy atom. The Bertz CT molecular complexity index is 393. The number of halogens is 3. The molecule has 1 nitrogen and oxygen atoms in total. The highest BCUT2D eigenvalue weighted by molar-refractivity contribution is 6.42. The Hall–Kier alpha value is 0.0500. The van der Waals surface area contributed by atoms with Gasteiger partial charge < -0.3 is 5.32 Å². The lowest BCUT2D eigenvalue weighted by atomic mass is 9.95. The Balaban J connectivity index is 0.000000853. The van der Waals surface area contributed by atoms with Crippen molar-refractivity contribution in [1.82, 2.24) is 5.32 Å². The fourth-order valence-corrected chi connectivity index (χ4v) is 2.89. The molecule has 1 N–H and O–H groups in total. The van der Waals surface area contributed by atoms with Crippen LogP contribution in [-0.2, 0) is 5.41 Å². The van der Waals surface area contributed by atoms with Crippen molar-refractivity contribution in [2.24, 2.45) is 5.92 Å². The summed E-state index contributed by atoms with van der Waals surface area (Å²) in [6.07, 6.45) is 1.30. The molecule has 1 saturated carbocycles. The SMILES string of the molecule is Cl.Clc1ccc([C@@]23CNC[C@@H]2C3)cc1Cl. The Morgan fingerprint density at radius 3 is 2.60 bits per heavy atom. The molecule has 1 heterocycles. The minimum absolute atomic E-state index is 0. The molecule has 0 radical (unpaired) electrons. The first-order valence-corrected chi connectivity index (χ1v) is 5.64. The molecule has 0 unspecified atom stereocenters. The first-order chi connectivity index (χ1) is 6.72. The average Bonchev–Trinajstić information content (AvgIpc) is 2.75. The highest BCUT2D eigenvalue weighted by Crippen LogP contribution is 2.56. The first kappa shape index (κ1) is 11.5. The smallest absolute Gasteiger partial charge is 0.0595 e. The quantitative estimate of drug-likeness (QED) is 0.821. The maximum atomic E-state index is 6.02. The van der Waals surface area contributed by atoms with Crippen molar-refractivity contribution >= 4 is 35.6 Å². The zero-order valence-corrected chi connectivity index (χ0v) is 10.4. The van der Waals surface area contributed by atoms with Gasteiger partial charge >= 0.3 is 0 Å². The largest absolute Gasteiger partial charge is 0.316 e. The topological polar surface area (TPSA) is 12.0 Å². The van der Waals surface area contributed by atoms with Gasteiger partial charge in [0.05, 0.1) is 10.0 Å². The van der Waals surface area contributed by atoms with E-state index in [1.807, 2.05) is 12.1 Å². The second kappa shape index (κ2) is 3.81. The van der Waals surface area contributed by atoms with E-state index in [0.717, 1.165) is 19.0 Å². The van der Waals surface area contributed by atoms with E-state index in [1.165, 1.54) is 12.0 Å². The van der Waals surface area contributed by atoms with Crippen molar-refractivity contribution in [3.63, 3.8) is 0 Å². The molecule has 0 amide bonds. The third-order valence-electron chi connectivity index (χ3n) is 3.56. The number of piperidine rings is 1. The molecule has 4 heteroatoms. The van der Waals surface area contributed by atoms with Crippen LogP contribution in [0.25, 0.3) is 0 Å². The number of rotatable bonds is 1. The predicted octanol–water partition coefficient (Wildman–Crippen LogP) is 3.28. The molecule has 3 rings (SSSR count). The highest BCUT2D eigenvalue weighted by atomic mass is 35.5. The van der Waals surface area contributed by atoms with Gasteiger partial charge in [-0.3, -0.25) is 0 Å². The molecule has 2 fully saturated rings. The van der Waals surface area contributed by atoms with E-state index in [4.69, 9.17) is 23.2 Å². The van der Waals surface area contributed by atoms with Gasteiger partial charge in [-0.15, -0.1) is 12.4 Å². The number of fused-ring (bicyclic) bond motifs is 1. The summed E-state index contributed by atoms with van der Waals surface area (Å²) in [6, 6.07) is 6.04. The maximum Gasteiger partial charge on any atom is 0.0595 e. The van der Waals surface area contributed by atoms with Crippen molar-refractivity contribution in [1.29, 1.82) is 0 Å². The lowest BCUT2D eigenvalue weighted by Gasteiger charge is -2.12.